The van der Waals surface area contributed by atoms with E-state index in [2.05, 4.69) is 15.4 Å². The van der Waals surface area contributed by atoms with Crippen molar-refractivity contribution in [3.63, 3.8) is 0 Å². The molecule has 1 atom stereocenters. The summed E-state index contributed by atoms with van der Waals surface area (Å²) in [5, 5.41) is 7.08. The number of carbonyl (C=O) groups is 2. The van der Waals surface area contributed by atoms with Gasteiger partial charge >= 0.3 is 0 Å². The molecular weight excluding hydrogens is 318 g/mol. The van der Waals surface area contributed by atoms with Crippen molar-refractivity contribution in [1.82, 2.24) is 19.5 Å². The van der Waals surface area contributed by atoms with Gasteiger partial charge in [0.1, 0.15) is 12.0 Å². The summed E-state index contributed by atoms with van der Waals surface area (Å²) in [6.45, 7) is 0.908. The fraction of sp³-hybridized carbons (Fsp3) is 0.222. The van der Waals surface area contributed by atoms with Crippen LogP contribution in [-0.4, -0.2) is 44.4 Å². The molecule has 0 radical (unpaired) electrons. The summed E-state index contributed by atoms with van der Waals surface area (Å²) >= 11 is 0. The Balaban J connectivity index is 1.51. The Labute approximate surface area is 143 Å². The first-order valence-corrected chi connectivity index (χ1v) is 8.18. The molecule has 7 nitrogen and oxygen atoms in total. The predicted octanol–water partition coefficient (Wildman–Crippen LogP) is 1.47. The van der Waals surface area contributed by atoms with Crippen LogP contribution in [0.1, 0.15) is 22.5 Å². The van der Waals surface area contributed by atoms with E-state index in [4.69, 9.17) is 0 Å². The highest BCUT2D eigenvalue weighted by Crippen LogP contribution is 2.44. The highest BCUT2D eigenvalue weighted by atomic mass is 16.2. The van der Waals surface area contributed by atoms with Gasteiger partial charge in [-0.05, 0) is 30.2 Å². The zero-order chi connectivity index (χ0) is 17.0. The second kappa shape index (κ2) is 4.89. The first-order valence-electron chi connectivity index (χ1n) is 8.18. The third kappa shape index (κ3) is 1.86. The lowest BCUT2D eigenvalue weighted by Crippen LogP contribution is -2.39. The molecule has 7 heteroatoms. The van der Waals surface area contributed by atoms with Gasteiger partial charge in [0.2, 0.25) is 5.91 Å². The van der Waals surface area contributed by atoms with E-state index in [1.54, 1.807) is 23.1 Å². The van der Waals surface area contributed by atoms with Gasteiger partial charge in [-0.3, -0.25) is 9.59 Å². The Morgan fingerprint density at radius 2 is 2.04 bits per heavy atom. The quantitative estimate of drug-likeness (QED) is 0.731. The van der Waals surface area contributed by atoms with Crippen LogP contribution in [0.15, 0.2) is 48.8 Å². The summed E-state index contributed by atoms with van der Waals surface area (Å²) in [7, 11) is 0. The largest absolute Gasteiger partial charge is 0.336 e. The fourth-order valence-electron chi connectivity index (χ4n) is 3.93. The van der Waals surface area contributed by atoms with Crippen molar-refractivity contribution in [1.29, 1.82) is 0 Å². The van der Waals surface area contributed by atoms with Gasteiger partial charge in [0.15, 0.2) is 5.65 Å². The number of hydrogen-bond donors (Lipinski definition) is 1. The Morgan fingerprint density at radius 3 is 2.96 bits per heavy atom. The Hall–Kier alpha value is -3.22. The van der Waals surface area contributed by atoms with Gasteiger partial charge in [-0.1, -0.05) is 24.3 Å². The van der Waals surface area contributed by atoms with E-state index in [9.17, 15) is 9.59 Å². The summed E-state index contributed by atoms with van der Waals surface area (Å²) in [6.07, 6.45) is 2.05. The molecule has 0 aliphatic carbocycles. The second-order valence-electron chi connectivity index (χ2n) is 6.50. The van der Waals surface area contributed by atoms with Crippen molar-refractivity contribution in [3.8, 4) is 0 Å². The lowest BCUT2D eigenvalue weighted by molar-refractivity contribution is -0.120. The molecule has 5 rings (SSSR count). The van der Waals surface area contributed by atoms with Crippen LogP contribution in [0.25, 0.3) is 5.65 Å². The van der Waals surface area contributed by atoms with E-state index in [1.165, 1.54) is 10.8 Å². The molecule has 1 N–H and O–H groups in total. The first-order chi connectivity index (χ1) is 12.2. The molecule has 1 unspecified atom stereocenters. The number of hydrogen-bond acceptors (Lipinski definition) is 4. The molecule has 0 bridgehead atoms. The van der Waals surface area contributed by atoms with Crippen LogP contribution in [0, 0.1) is 0 Å². The highest BCUT2D eigenvalue weighted by molar-refractivity contribution is 6.07. The standard InChI is InChI=1S/C18H15N5O2/c24-16(14-6-3-7-15-19-11-20-23(14)15)22-9-8-18(10-22)12-4-1-2-5-13(12)21-17(18)25/h1-7,11H,8-10H2,(H,21,25). The molecule has 3 aromatic rings. The van der Waals surface area contributed by atoms with E-state index in [0.29, 0.717) is 30.9 Å². The summed E-state index contributed by atoms with van der Waals surface area (Å²) in [6, 6.07) is 13.0. The van der Waals surface area contributed by atoms with Gasteiger partial charge in [-0.15, -0.1) is 0 Å². The van der Waals surface area contributed by atoms with Crippen molar-refractivity contribution in [2.45, 2.75) is 11.8 Å². The molecule has 124 valence electrons. The number of benzene rings is 1. The number of aromatic nitrogens is 3. The van der Waals surface area contributed by atoms with Gasteiger partial charge in [0, 0.05) is 18.8 Å². The molecule has 1 saturated heterocycles. The molecule has 25 heavy (non-hydrogen) atoms. The molecule has 2 aliphatic heterocycles. The van der Waals surface area contributed by atoms with Gasteiger partial charge in [0.25, 0.3) is 5.91 Å². The van der Waals surface area contributed by atoms with Gasteiger partial charge in [-0.2, -0.15) is 5.10 Å². The third-order valence-corrected chi connectivity index (χ3v) is 5.20. The van der Waals surface area contributed by atoms with Crippen molar-refractivity contribution in [2.24, 2.45) is 0 Å². The number of likely N-dealkylation sites (tertiary alicyclic amines) is 1. The number of rotatable bonds is 1. The maximum Gasteiger partial charge on any atom is 0.272 e. The summed E-state index contributed by atoms with van der Waals surface area (Å²) in [4.78, 5) is 31.5. The normalized spacial score (nSPS) is 21.8. The lowest BCUT2D eigenvalue weighted by atomic mass is 9.81. The summed E-state index contributed by atoms with van der Waals surface area (Å²) in [5.41, 5.74) is 2.26. The Kier molecular flexibility index (Phi) is 2.77. The number of nitrogens with one attached hydrogen (secondary N) is 1. The molecule has 1 fully saturated rings. The number of fused-ring (bicyclic) bond motifs is 3. The number of carbonyl (C=O) groups excluding carboxylic acids is 2. The van der Waals surface area contributed by atoms with Gasteiger partial charge in [0.05, 0.1) is 5.41 Å². The van der Waals surface area contributed by atoms with Crippen molar-refractivity contribution < 1.29 is 9.59 Å². The zero-order valence-corrected chi connectivity index (χ0v) is 13.3. The second-order valence-corrected chi connectivity index (χ2v) is 6.50. The maximum atomic E-state index is 13.0. The molecule has 0 saturated carbocycles. The van der Waals surface area contributed by atoms with Crippen molar-refractivity contribution in [3.05, 3.63) is 60.0 Å². The molecular formula is C18H15N5O2. The highest BCUT2D eigenvalue weighted by Gasteiger charge is 2.52. The molecule has 2 amide bonds. The van der Waals surface area contributed by atoms with E-state index in [0.717, 1.165) is 11.3 Å². The van der Waals surface area contributed by atoms with Crippen LogP contribution in [0.2, 0.25) is 0 Å². The van der Waals surface area contributed by atoms with Crippen LogP contribution < -0.4 is 5.32 Å². The number of nitrogens with zero attached hydrogens (tertiary/aromatic N) is 4. The van der Waals surface area contributed by atoms with Crippen LogP contribution in [0.5, 0.6) is 0 Å². The number of anilines is 1. The molecule has 2 aliphatic rings. The van der Waals surface area contributed by atoms with Gasteiger partial charge < -0.3 is 10.2 Å². The smallest absolute Gasteiger partial charge is 0.272 e. The Bertz CT molecular complexity index is 1030. The van der Waals surface area contributed by atoms with Crippen molar-refractivity contribution >= 4 is 23.1 Å². The average Bonchev–Trinajstić information content (AvgIpc) is 3.34. The van der Waals surface area contributed by atoms with E-state index in [-0.39, 0.29) is 11.8 Å². The number of para-hydroxylation sites is 1. The molecule has 4 heterocycles. The average molecular weight is 333 g/mol. The number of amides is 2. The van der Waals surface area contributed by atoms with E-state index in [1.807, 2.05) is 24.3 Å². The van der Waals surface area contributed by atoms with Crippen LogP contribution in [0.4, 0.5) is 5.69 Å². The molecule has 1 aromatic carbocycles. The van der Waals surface area contributed by atoms with Crippen molar-refractivity contribution in [2.75, 3.05) is 18.4 Å². The minimum absolute atomic E-state index is 0.0250. The minimum Gasteiger partial charge on any atom is -0.336 e. The first kappa shape index (κ1) is 14.2. The summed E-state index contributed by atoms with van der Waals surface area (Å²) in [5.74, 6) is -0.159. The topological polar surface area (TPSA) is 79.6 Å². The SMILES string of the molecule is O=C(c1cccc2ncnn12)N1CCC2(C1)C(=O)Nc1ccccc12. The van der Waals surface area contributed by atoms with E-state index < -0.39 is 5.41 Å². The fourth-order valence-corrected chi connectivity index (χ4v) is 3.93. The Morgan fingerprint density at radius 1 is 1.16 bits per heavy atom. The van der Waals surface area contributed by atoms with Crippen LogP contribution in [0.3, 0.4) is 0 Å². The summed E-state index contributed by atoms with van der Waals surface area (Å²) < 4.78 is 1.54. The zero-order valence-electron chi connectivity index (χ0n) is 13.3. The van der Waals surface area contributed by atoms with Crippen LogP contribution in [-0.2, 0) is 10.2 Å². The lowest BCUT2D eigenvalue weighted by Gasteiger charge is -2.22. The van der Waals surface area contributed by atoms with E-state index >= 15 is 0 Å². The predicted molar refractivity (Wildman–Crippen MR) is 90.3 cm³/mol. The van der Waals surface area contributed by atoms with Gasteiger partial charge in [-0.25, -0.2) is 9.50 Å². The minimum atomic E-state index is -0.650. The molecule has 1 spiro atoms. The monoisotopic (exact) mass is 333 g/mol. The van der Waals surface area contributed by atoms with Crippen LogP contribution >= 0.6 is 0 Å². The third-order valence-electron chi connectivity index (χ3n) is 5.20. The number of pyridine rings is 1. The molecule has 2 aromatic heterocycles. The maximum absolute atomic E-state index is 13.0.